The van der Waals surface area contributed by atoms with Gasteiger partial charge < -0.3 is 0 Å². The van der Waals surface area contributed by atoms with Gasteiger partial charge in [-0.3, -0.25) is 19.2 Å². The Morgan fingerprint density at radius 1 is 1.00 bits per heavy atom. The number of benzene rings is 2. The number of nitrogens with one attached hydrogen (secondary N) is 1. The first-order valence-corrected chi connectivity index (χ1v) is 11.5. The summed E-state index contributed by atoms with van der Waals surface area (Å²) in [6.45, 7) is 2.12. The van der Waals surface area contributed by atoms with Gasteiger partial charge in [0.2, 0.25) is 0 Å². The topological polar surface area (TPSA) is 71.6 Å². The van der Waals surface area contributed by atoms with Gasteiger partial charge in [-0.2, -0.15) is 5.10 Å². The zero-order valence-electron chi connectivity index (χ0n) is 17.8. The van der Waals surface area contributed by atoms with Gasteiger partial charge in [0.25, 0.3) is 11.5 Å². The van der Waals surface area contributed by atoms with Crippen LogP contribution in [0.15, 0.2) is 75.0 Å². The SMILES string of the molecule is Cn1c(CN2CCC3(CC2)C(=O)NN=C3c2ccccc2)c(Br)c(=O)n1-c1ccccc1. The molecule has 8 heteroatoms. The second-order valence-electron chi connectivity index (χ2n) is 8.36. The Balaban J connectivity index is 1.37. The molecule has 0 aliphatic carbocycles. The van der Waals surface area contributed by atoms with Crippen molar-refractivity contribution in [3.05, 3.63) is 86.7 Å². The van der Waals surface area contributed by atoms with Crippen LogP contribution in [0, 0.1) is 5.41 Å². The van der Waals surface area contributed by atoms with Crippen LogP contribution in [0.4, 0.5) is 0 Å². The monoisotopic (exact) mass is 493 g/mol. The van der Waals surface area contributed by atoms with E-state index in [-0.39, 0.29) is 11.5 Å². The number of carbonyl (C=O) groups excluding carboxylic acids is 1. The van der Waals surface area contributed by atoms with Crippen LogP contribution in [-0.2, 0) is 18.4 Å². The molecule has 1 aromatic heterocycles. The number of halogens is 1. The molecule has 0 atom stereocenters. The first-order valence-electron chi connectivity index (χ1n) is 10.7. The molecule has 1 amide bonds. The van der Waals surface area contributed by atoms with Crippen molar-refractivity contribution in [3.8, 4) is 5.69 Å². The summed E-state index contributed by atoms with van der Waals surface area (Å²) in [7, 11) is 1.91. The Bertz CT molecular complexity index is 1240. The van der Waals surface area contributed by atoms with Crippen LogP contribution in [0.25, 0.3) is 5.69 Å². The van der Waals surface area contributed by atoms with E-state index in [1.54, 1.807) is 4.68 Å². The zero-order valence-corrected chi connectivity index (χ0v) is 19.4. The summed E-state index contributed by atoms with van der Waals surface area (Å²) in [5, 5.41) is 4.39. The second-order valence-corrected chi connectivity index (χ2v) is 9.16. The number of hydrogen-bond acceptors (Lipinski definition) is 4. The maximum absolute atomic E-state index is 12.9. The van der Waals surface area contributed by atoms with Crippen molar-refractivity contribution in [1.29, 1.82) is 0 Å². The smallest absolute Gasteiger partial charge is 0.286 e. The number of likely N-dealkylation sites (tertiary alicyclic amines) is 1. The van der Waals surface area contributed by atoms with Crippen molar-refractivity contribution in [3.63, 3.8) is 0 Å². The van der Waals surface area contributed by atoms with Crippen molar-refractivity contribution in [2.45, 2.75) is 19.4 Å². The van der Waals surface area contributed by atoms with Gasteiger partial charge in [-0.1, -0.05) is 48.5 Å². The summed E-state index contributed by atoms with van der Waals surface area (Å²) >= 11 is 3.52. The Kier molecular flexibility index (Phi) is 5.35. The quantitative estimate of drug-likeness (QED) is 0.606. The predicted octanol–water partition coefficient (Wildman–Crippen LogP) is 3.05. The lowest BCUT2D eigenvalue weighted by molar-refractivity contribution is -0.128. The van der Waals surface area contributed by atoms with Gasteiger partial charge in [0.05, 0.1) is 22.5 Å². The van der Waals surface area contributed by atoms with E-state index in [4.69, 9.17) is 0 Å². The molecule has 32 heavy (non-hydrogen) atoms. The minimum Gasteiger partial charge on any atom is -0.297 e. The lowest BCUT2D eigenvalue weighted by Crippen LogP contribution is -2.48. The molecule has 0 saturated carbocycles. The van der Waals surface area contributed by atoms with Crippen molar-refractivity contribution in [1.82, 2.24) is 19.7 Å². The molecule has 1 N–H and O–H groups in total. The highest BCUT2D eigenvalue weighted by Crippen LogP contribution is 2.39. The molecule has 1 spiro atoms. The van der Waals surface area contributed by atoms with Crippen LogP contribution < -0.4 is 11.0 Å². The summed E-state index contributed by atoms with van der Waals surface area (Å²) in [6.07, 6.45) is 1.38. The van der Waals surface area contributed by atoms with Crippen molar-refractivity contribution < 1.29 is 4.79 Å². The van der Waals surface area contributed by atoms with Gasteiger partial charge in [0.1, 0.15) is 4.47 Å². The van der Waals surface area contributed by atoms with E-state index in [0.29, 0.717) is 23.9 Å². The lowest BCUT2D eigenvalue weighted by atomic mass is 9.72. The summed E-state index contributed by atoms with van der Waals surface area (Å²) in [4.78, 5) is 28.0. The van der Waals surface area contributed by atoms with Crippen molar-refractivity contribution in [2.75, 3.05) is 13.1 Å². The minimum atomic E-state index is -0.586. The average Bonchev–Trinajstić information content (AvgIpc) is 3.25. The minimum absolute atomic E-state index is 0.0141. The maximum atomic E-state index is 12.9. The predicted molar refractivity (Wildman–Crippen MR) is 127 cm³/mol. The summed E-state index contributed by atoms with van der Waals surface area (Å²) < 4.78 is 4.16. The van der Waals surface area contributed by atoms with Crippen LogP contribution in [-0.4, -0.2) is 39.0 Å². The van der Waals surface area contributed by atoms with E-state index >= 15 is 0 Å². The molecule has 0 unspecified atom stereocenters. The van der Waals surface area contributed by atoms with Crippen molar-refractivity contribution >= 4 is 27.5 Å². The van der Waals surface area contributed by atoms with E-state index < -0.39 is 5.41 Å². The number of amides is 1. The van der Waals surface area contributed by atoms with E-state index in [9.17, 15) is 9.59 Å². The molecular formula is C24H24BrN5O2. The molecular weight excluding hydrogens is 470 g/mol. The van der Waals surface area contributed by atoms with Crippen LogP contribution in [0.2, 0.25) is 0 Å². The molecule has 1 fully saturated rings. The van der Waals surface area contributed by atoms with E-state index in [1.807, 2.05) is 72.4 Å². The summed E-state index contributed by atoms with van der Waals surface area (Å²) in [5.41, 5.74) is 5.63. The summed E-state index contributed by atoms with van der Waals surface area (Å²) in [6, 6.07) is 19.5. The molecule has 7 nitrogen and oxygen atoms in total. The number of nitrogens with zero attached hydrogens (tertiary/aromatic N) is 4. The fourth-order valence-electron chi connectivity index (χ4n) is 4.78. The van der Waals surface area contributed by atoms with Crippen LogP contribution in [0.3, 0.4) is 0 Å². The molecule has 1 saturated heterocycles. The third-order valence-electron chi connectivity index (χ3n) is 6.61. The third-order valence-corrected chi connectivity index (χ3v) is 7.41. The Morgan fingerprint density at radius 2 is 1.62 bits per heavy atom. The molecule has 5 rings (SSSR count). The molecule has 2 aliphatic heterocycles. The number of rotatable bonds is 4. The van der Waals surface area contributed by atoms with E-state index in [2.05, 4.69) is 31.4 Å². The van der Waals surface area contributed by atoms with Crippen LogP contribution >= 0.6 is 15.9 Å². The number of aromatic nitrogens is 2. The number of hydrazone groups is 1. The third kappa shape index (κ3) is 3.34. The lowest BCUT2D eigenvalue weighted by Gasteiger charge is -2.38. The molecule has 2 aromatic carbocycles. The number of piperidine rings is 1. The fraction of sp³-hybridized carbons (Fsp3) is 0.292. The molecule has 164 valence electrons. The highest BCUT2D eigenvalue weighted by atomic mass is 79.9. The van der Waals surface area contributed by atoms with Gasteiger partial charge in [0.15, 0.2) is 0 Å². The van der Waals surface area contributed by atoms with Gasteiger partial charge in [-0.25, -0.2) is 10.1 Å². The summed E-state index contributed by atoms with van der Waals surface area (Å²) in [5.74, 6) is -0.0141. The Hall–Kier alpha value is -2.97. The molecule has 0 bridgehead atoms. The second kappa shape index (κ2) is 8.18. The molecule has 0 radical (unpaired) electrons. The first kappa shape index (κ1) is 20.9. The molecule has 2 aliphatic rings. The maximum Gasteiger partial charge on any atom is 0.286 e. The molecule has 3 heterocycles. The van der Waals surface area contributed by atoms with Gasteiger partial charge in [-0.05, 0) is 59.6 Å². The largest absolute Gasteiger partial charge is 0.297 e. The van der Waals surface area contributed by atoms with Crippen molar-refractivity contribution in [2.24, 2.45) is 17.6 Å². The highest BCUT2D eigenvalue weighted by molar-refractivity contribution is 9.10. The number of carbonyl (C=O) groups is 1. The fourth-order valence-corrected chi connectivity index (χ4v) is 5.33. The van der Waals surface area contributed by atoms with Gasteiger partial charge in [0, 0.05) is 13.6 Å². The normalized spacial score (nSPS) is 18.1. The van der Waals surface area contributed by atoms with Crippen LogP contribution in [0.5, 0.6) is 0 Å². The van der Waals surface area contributed by atoms with Gasteiger partial charge >= 0.3 is 0 Å². The Morgan fingerprint density at radius 3 is 2.28 bits per heavy atom. The standard InChI is InChI=1S/C24H24BrN5O2/c1-28-19(20(25)22(31)30(28)18-10-6-3-7-11-18)16-29-14-12-24(13-15-29)21(26-27-23(24)32)17-8-4-2-5-9-17/h2-11H,12-16H2,1H3,(H,27,32). The van der Waals surface area contributed by atoms with Gasteiger partial charge in [-0.15, -0.1) is 0 Å². The molecule has 3 aromatic rings. The average molecular weight is 494 g/mol. The van der Waals surface area contributed by atoms with E-state index in [0.717, 1.165) is 35.7 Å². The van der Waals surface area contributed by atoms with Crippen LogP contribution in [0.1, 0.15) is 24.1 Å². The van der Waals surface area contributed by atoms with E-state index in [1.165, 1.54) is 0 Å². The number of hydrogen-bond donors (Lipinski definition) is 1. The number of para-hydroxylation sites is 1. The highest BCUT2D eigenvalue weighted by Gasteiger charge is 2.49. The first-order chi connectivity index (χ1) is 15.5. The zero-order chi connectivity index (χ0) is 22.3. The Labute approximate surface area is 194 Å².